The molecule has 0 aliphatic heterocycles. The molecule has 0 aliphatic carbocycles. The van der Waals surface area contributed by atoms with E-state index in [9.17, 15) is 0 Å². The average Bonchev–Trinajstić information content (AvgIpc) is 2.71. The standard InChI is InChI=1S/C9H9BrN2OS/c1-2-6-8(12-9(11)13-6)7-3-5(10)4-14-7/h3-4H,2H2,1H3,(H2,11,12). The molecular formula is C9H9BrN2OS. The molecule has 0 bridgehead atoms. The highest BCUT2D eigenvalue weighted by Gasteiger charge is 2.13. The Morgan fingerprint density at radius 1 is 1.64 bits per heavy atom. The molecule has 74 valence electrons. The van der Waals surface area contributed by atoms with E-state index in [4.69, 9.17) is 10.2 Å². The molecule has 0 fully saturated rings. The monoisotopic (exact) mass is 272 g/mol. The number of thiophene rings is 1. The summed E-state index contributed by atoms with van der Waals surface area (Å²) in [5, 5.41) is 2.01. The van der Waals surface area contributed by atoms with Crippen LogP contribution >= 0.6 is 27.3 Å². The van der Waals surface area contributed by atoms with Crippen LogP contribution in [0.1, 0.15) is 12.7 Å². The van der Waals surface area contributed by atoms with Crippen molar-refractivity contribution < 1.29 is 4.42 Å². The lowest BCUT2D eigenvalue weighted by atomic mass is 10.2. The number of nitrogen functional groups attached to an aromatic ring is 1. The molecule has 14 heavy (non-hydrogen) atoms. The average molecular weight is 273 g/mol. The number of oxazole rings is 1. The number of nitrogens with two attached hydrogens (primary N) is 1. The first-order valence-electron chi connectivity index (χ1n) is 4.20. The fraction of sp³-hybridized carbons (Fsp3) is 0.222. The Hall–Kier alpha value is -0.810. The van der Waals surface area contributed by atoms with Gasteiger partial charge in [-0.25, -0.2) is 0 Å². The van der Waals surface area contributed by atoms with Gasteiger partial charge in [-0.1, -0.05) is 6.92 Å². The van der Waals surface area contributed by atoms with E-state index in [1.165, 1.54) is 0 Å². The van der Waals surface area contributed by atoms with Gasteiger partial charge in [-0.05, 0) is 22.0 Å². The molecule has 0 aromatic carbocycles. The third-order valence-electron chi connectivity index (χ3n) is 1.84. The van der Waals surface area contributed by atoms with Crippen molar-refractivity contribution in [3.8, 4) is 10.6 Å². The van der Waals surface area contributed by atoms with E-state index in [1.807, 2.05) is 18.4 Å². The van der Waals surface area contributed by atoms with Gasteiger partial charge in [0.25, 0.3) is 6.01 Å². The van der Waals surface area contributed by atoms with E-state index in [0.717, 1.165) is 27.2 Å². The predicted molar refractivity (Wildman–Crippen MR) is 61.3 cm³/mol. The smallest absolute Gasteiger partial charge is 0.292 e. The van der Waals surface area contributed by atoms with Gasteiger partial charge < -0.3 is 10.2 Å². The molecule has 0 atom stereocenters. The van der Waals surface area contributed by atoms with E-state index >= 15 is 0 Å². The molecular weight excluding hydrogens is 264 g/mol. The summed E-state index contributed by atoms with van der Waals surface area (Å²) >= 11 is 5.02. The predicted octanol–water partition coefficient (Wildman–Crippen LogP) is 3.31. The lowest BCUT2D eigenvalue weighted by Crippen LogP contribution is -1.82. The van der Waals surface area contributed by atoms with E-state index in [-0.39, 0.29) is 6.01 Å². The van der Waals surface area contributed by atoms with Crippen LogP contribution in [0.25, 0.3) is 10.6 Å². The maximum atomic E-state index is 5.51. The second kappa shape index (κ2) is 3.74. The molecule has 3 nitrogen and oxygen atoms in total. The number of hydrogen-bond donors (Lipinski definition) is 1. The Morgan fingerprint density at radius 2 is 2.43 bits per heavy atom. The van der Waals surface area contributed by atoms with Crippen molar-refractivity contribution in [1.82, 2.24) is 4.98 Å². The van der Waals surface area contributed by atoms with E-state index in [2.05, 4.69) is 20.9 Å². The number of halogens is 1. The van der Waals surface area contributed by atoms with Crippen LogP contribution in [0.15, 0.2) is 20.3 Å². The molecule has 2 aromatic heterocycles. The number of anilines is 1. The molecule has 2 N–H and O–H groups in total. The summed E-state index contributed by atoms with van der Waals surface area (Å²) < 4.78 is 6.34. The van der Waals surface area contributed by atoms with Gasteiger partial charge in [0.1, 0.15) is 11.5 Å². The van der Waals surface area contributed by atoms with Gasteiger partial charge >= 0.3 is 0 Å². The highest BCUT2D eigenvalue weighted by molar-refractivity contribution is 9.10. The van der Waals surface area contributed by atoms with Gasteiger partial charge in [-0.2, -0.15) is 4.98 Å². The molecule has 2 aromatic rings. The minimum absolute atomic E-state index is 0.237. The largest absolute Gasteiger partial charge is 0.428 e. The van der Waals surface area contributed by atoms with Gasteiger partial charge in [-0.3, -0.25) is 0 Å². The minimum atomic E-state index is 0.237. The van der Waals surface area contributed by atoms with Crippen LogP contribution in [0.2, 0.25) is 0 Å². The van der Waals surface area contributed by atoms with Crippen LogP contribution in [0.3, 0.4) is 0 Å². The second-order valence-electron chi connectivity index (χ2n) is 2.81. The molecule has 0 amide bonds. The van der Waals surface area contributed by atoms with Crippen LogP contribution in [-0.4, -0.2) is 4.98 Å². The Kier molecular flexibility index (Phi) is 2.60. The summed E-state index contributed by atoms with van der Waals surface area (Å²) in [7, 11) is 0. The number of hydrogen-bond acceptors (Lipinski definition) is 4. The van der Waals surface area contributed by atoms with Crippen LogP contribution in [0, 0.1) is 0 Å². The van der Waals surface area contributed by atoms with Crippen LogP contribution in [0.4, 0.5) is 6.01 Å². The Balaban J connectivity index is 2.49. The van der Waals surface area contributed by atoms with Gasteiger partial charge in [0.15, 0.2) is 0 Å². The third-order valence-corrected chi connectivity index (χ3v) is 3.53. The first-order valence-corrected chi connectivity index (χ1v) is 5.87. The van der Waals surface area contributed by atoms with Crippen molar-refractivity contribution in [3.05, 3.63) is 21.7 Å². The quantitative estimate of drug-likeness (QED) is 0.913. The first kappa shape index (κ1) is 9.73. The summed E-state index contributed by atoms with van der Waals surface area (Å²) in [4.78, 5) is 5.24. The van der Waals surface area contributed by atoms with Gasteiger partial charge in [0.2, 0.25) is 0 Å². The normalized spacial score (nSPS) is 10.7. The van der Waals surface area contributed by atoms with Crippen LogP contribution in [0.5, 0.6) is 0 Å². The SMILES string of the molecule is CCc1oc(N)nc1-c1cc(Br)cs1. The fourth-order valence-electron chi connectivity index (χ4n) is 1.24. The molecule has 0 saturated carbocycles. The highest BCUT2D eigenvalue weighted by atomic mass is 79.9. The lowest BCUT2D eigenvalue weighted by molar-refractivity contribution is 0.530. The number of nitrogens with zero attached hydrogens (tertiary/aromatic N) is 1. The molecule has 0 spiro atoms. The highest BCUT2D eigenvalue weighted by Crippen LogP contribution is 2.32. The number of aryl methyl sites for hydroxylation is 1. The van der Waals surface area contributed by atoms with Crippen molar-refractivity contribution in [3.63, 3.8) is 0 Å². The molecule has 0 unspecified atom stereocenters. The minimum Gasteiger partial charge on any atom is -0.428 e. The molecule has 5 heteroatoms. The van der Waals surface area contributed by atoms with Crippen LogP contribution in [-0.2, 0) is 6.42 Å². The molecule has 0 radical (unpaired) electrons. The molecule has 0 aliphatic rings. The van der Waals surface area contributed by atoms with Crippen molar-refractivity contribution in [2.45, 2.75) is 13.3 Å². The summed E-state index contributed by atoms with van der Waals surface area (Å²) in [6.45, 7) is 2.02. The molecule has 2 heterocycles. The molecule has 0 saturated heterocycles. The van der Waals surface area contributed by atoms with Crippen molar-refractivity contribution >= 4 is 33.3 Å². The summed E-state index contributed by atoms with van der Waals surface area (Å²) in [6, 6.07) is 2.25. The van der Waals surface area contributed by atoms with Crippen molar-refractivity contribution in [2.75, 3.05) is 5.73 Å². The maximum Gasteiger partial charge on any atom is 0.292 e. The Labute approximate surface area is 94.1 Å². The van der Waals surface area contributed by atoms with Gasteiger partial charge in [0, 0.05) is 16.3 Å². The van der Waals surface area contributed by atoms with Gasteiger partial charge in [0.05, 0.1) is 4.88 Å². The summed E-state index contributed by atoms with van der Waals surface area (Å²) in [5.74, 6) is 0.844. The third kappa shape index (κ3) is 1.69. The second-order valence-corrected chi connectivity index (χ2v) is 4.63. The first-order chi connectivity index (χ1) is 6.70. The van der Waals surface area contributed by atoms with Gasteiger partial charge in [-0.15, -0.1) is 11.3 Å². The summed E-state index contributed by atoms with van der Waals surface area (Å²) in [6.07, 6.45) is 0.801. The van der Waals surface area contributed by atoms with E-state index in [0.29, 0.717) is 0 Å². The molecule has 2 rings (SSSR count). The van der Waals surface area contributed by atoms with Crippen molar-refractivity contribution in [1.29, 1.82) is 0 Å². The Morgan fingerprint density at radius 3 is 3.00 bits per heavy atom. The van der Waals surface area contributed by atoms with E-state index < -0.39 is 0 Å². The number of aromatic nitrogens is 1. The zero-order valence-corrected chi connectivity index (χ0v) is 9.98. The topological polar surface area (TPSA) is 52.0 Å². The van der Waals surface area contributed by atoms with E-state index in [1.54, 1.807) is 11.3 Å². The zero-order valence-electron chi connectivity index (χ0n) is 7.58. The Bertz CT molecular complexity index is 449. The van der Waals surface area contributed by atoms with Crippen molar-refractivity contribution in [2.24, 2.45) is 0 Å². The maximum absolute atomic E-state index is 5.51. The number of rotatable bonds is 2. The van der Waals surface area contributed by atoms with Crippen LogP contribution < -0.4 is 5.73 Å². The fourth-order valence-corrected chi connectivity index (χ4v) is 2.67. The summed E-state index contributed by atoms with van der Waals surface area (Å²) in [5.41, 5.74) is 6.38. The zero-order chi connectivity index (χ0) is 10.1. The lowest BCUT2D eigenvalue weighted by Gasteiger charge is -1.92.